The zero-order valence-corrected chi connectivity index (χ0v) is 17.7. The number of rotatable bonds is 6. The van der Waals surface area contributed by atoms with Gasteiger partial charge in [0.05, 0.1) is 18.0 Å². The van der Waals surface area contributed by atoms with Crippen molar-refractivity contribution >= 4 is 25.6 Å². The molecule has 0 bridgehead atoms. The first kappa shape index (κ1) is 20.2. The molecule has 1 saturated carbocycles. The molecule has 2 aromatic rings. The first-order chi connectivity index (χ1) is 13.7. The maximum absolute atomic E-state index is 13.4. The third-order valence-electron chi connectivity index (χ3n) is 6.52. The van der Waals surface area contributed by atoms with Crippen LogP contribution in [0, 0.1) is 0 Å². The van der Waals surface area contributed by atoms with Gasteiger partial charge >= 0.3 is 0 Å². The second kappa shape index (κ2) is 8.33. The average Bonchev–Trinajstić information content (AvgIpc) is 3.14. The topological polar surface area (TPSA) is 44.7 Å². The highest BCUT2D eigenvalue weighted by atomic mass is 32.1. The number of hydrogen-bond donors (Lipinski definition) is 1. The third-order valence-corrected chi connectivity index (χ3v) is 6.52. The molecule has 1 atom stereocenters. The van der Waals surface area contributed by atoms with Crippen LogP contribution in [0.1, 0.15) is 54.0 Å². The molecule has 2 fully saturated rings. The smallest absolute Gasteiger partial charge is 0.231 e. The lowest BCUT2D eigenvalue weighted by Gasteiger charge is -2.27. The molecule has 0 unspecified atom stereocenters. The van der Waals surface area contributed by atoms with E-state index in [4.69, 9.17) is 0 Å². The number of likely N-dealkylation sites (tertiary alicyclic amines) is 1. The molecular weight excluding hydrogens is 378 g/mol. The van der Waals surface area contributed by atoms with Crippen molar-refractivity contribution in [3.8, 4) is 0 Å². The van der Waals surface area contributed by atoms with E-state index in [2.05, 4.69) is 57.7 Å². The van der Waals surface area contributed by atoms with E-state index in [1.165, 1.54) is 29.5 Å². The molecule has 1 amide bonds. The van der Waals surface area contributed by atoms with Crippen molar-refractivity contribution in [2.75, 3.05) is 19.6 Å². The molecule has 152 valence electrons. The maximum Gasteiger partial charge on any atom is 0.231 e. The molecule has 2 heterocycles. The monoisotopic (exact) mass is 407 g/mol. The number of fused-ring (bicyclic) bond motifs is 1. The number of nitrogens with zero attached hydrogens (tertiary/aromatic N) is 2. The number of carbonyl (C=O) groups excluding carboxylic acids is 1. The number of aliphatic imine (C=N–C) groups is 1. The Balaban J connectivity index is 0.00000205. The van der Waals surface area contributed by atoms with Crippen LogP contribution < -0.4 is 5.32 Å². The molecule has 1 N–H and O–H groups in total. The van der Waals surface area contributed by atoms with Crippen molar-refractivity contribution in [2.24, 2.45) is 4.99 Å². The van der Waals surface area contributed by atoms with Gasteiger partial charge in [0.1, 0.15) is 0 Å². The Morgan fingerprint density at radius 2 is 1.86 bits per heavy atom. The van der Waals surface area contributed by atoms with Gasteiger partial charge in [-0.1, -0.05) is 42.5 Å². The summed E-state index contributed by atoms with van der Waals surface area (Å²) < 4.78 is 0. The van der Waals surface area contributed by atoms with Crippen molar-refractivity contribution in [3.63, 3.8) is 0 Å². The fraction of sp³-hybridized carbons (Fsp3) is 0.417. The lowest BCUT2D eigenvalue weighted by molar-refractivity contribution is -0.124. The Hall–Kier alpha value is -2.11. The molecule has 0 spiro atoms. The van der Waals surface area contributed by atoms with Crippen LogP contribution in [0.2, 0.25) is 0 Å². The minimum absolute atomic E-state index is 0. The summed E-state index contributed by atoms with van der Waals surface area (Å²) in [6, 6.07) is 16.9. The fourth-order valence-corrected chi connectivity index (χ4v) is 4.61. The molecule has 5 heteroatoms. The van der Waals surface area contributed by atoms with Crippen LogP contribution in [-0.2, 0) is 16.8 Å². The second-order valence-corrected chi connectivity index (χ2v) is 8.41. The normalized spacial score (nSPS) is 20.0. The highest BCUT2D eigenvalue weighted by molar-refractivity contribution is 7.59. The van der Waals surface area contributed by atoms with Gasteiger partial charge < -0.3 is 10.2 Å². The molecule has 0 aromatic heterocycles. The van der Waals surface area contributed by atoms with Gasteiger partial charge in [-0.3, -0.25) is 9.79 Å². The van der Waals surface area contributed by atoms with Crippen LogP contribution in [0.4, 0.5) is 0 Å². The van der Waals surface area contributed by atoms with Crippen LogP contribution >= 0.6 is 13.5 Å². The lowest BCUT2D eigenvalue weighted by Crippen LogP contribution is -2.41. The molecule has 2 aromatic carbocycles. The minimum Gasteiger partial charge on any atom is -0.347 e. The summed E-state index contributed by atoms with van der Waals surface area (Å²) >= 11 is 0. The third kappa shape index (κ3) is 3.99. The van der Waals surface area contributed by atoms with E-state index < -0.39 is 0 Å². The van der Waals surface area contributed by atoms with Crippen molar-refractivity contribution in [2.45, 2.75) is 43.7 Å². The summed E-state index contributed by atoms with van der Waals surface area (Å²) in [5.74, 6) is 0.176. The Kier molecular flexibility index (Phi) is 5.79. The number of nitrogens with one attached hydrogen (secondary N) is 1. The van der Waals surface area contributed by atoms with E-state index in [9.17, 15) is 4.79 Å². The van der Waals surface area contributed by atoms with Gasteiger partial charge in [0.2, 0.25) is 5.91 Å². The largest absolute Gasteiger partial charge is 0.347 e. The van der Waals surface area contributed by atoms with E-state index in [1.54, 1.807) is 0 Å². The van der Waals surface area contributed by atoms with Gasteiger partial charge in [0.25, 0.3) is 0 Å². The number of carbonyl (C=O) groups is 1. The molecule has 29 heavy (non-hydrogen) atoms. The van der Waals surface area contributed by atoms with E-state index >= 15 is 0 Å². The lowest BCUT2D eigenvalue weighted by atomic mass is 9.91. The van der Waals surface area contributed by atoms with Gasteiger partial charge in [0.15, 0.2) is 0 Å². The first-order valence-electron chi connectivity index (χ1n) is 10.5. The fourth-order valence-electron chi connectivity index (χ4n) is 4.61. The summed E-state index contributed by atoms with van der Waals surface area (Å²) in [4.78, 5) is 20.3. The number of hydrogen-bond acceptors (Lipinski definition) is 3. The standard InChI is InChI=1S/C24H27N3O.H2S/c28-23(24(10-11-24)21-9-8-19-15-25-16-20(19)14-21)26-22(17-27-12-4-5-13-27)18-6-2-1-3-7-18;/h1-3,6-9,14,16,22H,4-5,10-13,15,17H2,(H,26,28);1H2/t22-;/m1./s1. The first-order valence-corrected chi connectivity index (χ1v) is 10.5. The molecule has 0 radical (unpaired) electrons. The van der Waals surface area contributed by atoms with Crippen molar-refractivity contribution in [1.29, 1.82) is 0 Å². The van der Waals surface area contributed by atoms with Crippen LogP contribution in [-0.4, -0.2) is 36.7 Å². The Labute approximate surface area is 179 Å². The van der Waals surface area contributed by atoms with Crippen LogP contribution in [0.5, 0.6) is 0 Å². The van der Waals surface area contributed by atoms with Crippen molar-refractivity contribution < 1.29 is 4.79 Å². The van der Waals surface area contributed by atoms with Crippen LogP contribution in [0.3, 0.4) is 0 Å². The predicted molar refractivity (Wildman–Crippen MR) is 122 cm³/mol. The maximum atomic E-state index is 13.4. The zero-order valence-electron chi connectivity index (χ0n) is 16.7. The molecule has 1 saturated heterocycles. The molecule has 1 aliphatic carbocycles. The highest BCUT2D eigenvalue weighted by Gasteiger charge is 2.51. The van der Waals surface area contributed by atoms with Crippen LogP contribution in [0.15, 0.2) is 53.5 Å². The second-order valence-electron chi connectivity index (χ2n) is 8.41. The molecule has 3 aliphatic rings. The molecule has 2 aliphatic heterocycles. The molecule has 4 nitrogen and oxygen atoms in total. The summed E-state index contributed by atoms with van der Waals surface area (Å²) in [5.41, 5.74) is 4.41. The average molecular weight is 408 g/mol. The summed E-state index contributed by atoms with van der Waals surface area (Å²) in [7, 11) is 0. The van der Waals surface area contributed by atoms with Gasteiger partial charge in [-0.25, -0.2) is 0 Å². The van der Waals surface area contributed by atoms with Crippen molar-refractivity contribution in [1.82, 2.24) is 10.2 Å². The Bertz CT molecular complexity index is 902. The Morgan fingerprint density at radius 3 is 2.59 bits per heavy atom. The SMILES string of the molecule is O=C(N[C@H](CN1CCCC1)c1ccccc1)C1(c2ccc3c(c2)C=NC3)CC1.S. The quantitative estimate of drug-likeness (QED) is 0.793. The van der Waals surface area contributed by atoms with Crippen LogP contribution in [0.25, 0.3) is 0 Å². The van der Waals surface area contributed by atoms with Gasteiger partial charge in [-0.15, -0.1) is 0 Å². The van der Waals surface area contributed by atoms with E-state index in [-0.39, 0.29) is 30.9 Å². The summed E-state index contributed by atoms with van der Waals surface area (Å²) in [6.07, 6.45) is 6.32. The van der Waals surface area contributed by atoms with E-state index in [1.807, 2.05) is 12.3 Å². The predicted octanol–water partition coefficient (Wildman–Crippen LogP) is 3.72. The zero-order chi connectivity index (χ0) is 19.0. The minimum atomic E-state index is -0.358. The van der Waals surface area contributed by atoms with E-state index in [0.717, 1.165) is 44.6 Å². The molecule has 5 rings (SSSR count). The van der Waals surface area contributed by atoms with Crippen molar-refractivity contribution in [3.05, 3.63) is 70.8 Å². The summed E-state index contributed by atoms with van der Waals surface area (Å²) in [6.45, 7) is 3.92. The van der Waals surface area contributed by atoms with E-state index in [0.29, 0.717) is 0 Å². The number of benzene rings is 2. The highest BCUT2D eigenvalue weighted by Crippen LogP contribution is 2.49. The van der Waals surface area contributed by atoms with Gasteiger partial charge in [-0.05, 0) is 67.1 Å². The van der Waals surface area contributed by atoms with Gasteiger partial charge in [0, 0.05) is 12.8 Å². The number of amides is 1. The van der Waals surface area contributed by atoms with Gasteiger partial charge in [-0.2, -0.15) is 13.5 Å². The summed E-state index contributed by atoms with van der Waals surface area (Å²) in [5, 5.41) is 3.41. The molecular formula is C24H29N3OS. The Morgan fingerprint density at radius 1 is 1.10 bits per heavy atom.